The van der Waals surface area contributed by atoms with Gasteiger partial charge >= 0.3 is 0 Å². The summed E-state index contributed by atoms with van der Waals surface area (Å²) in [5.41, 5.74) is 1.85. The molecule has 1 aromatic rings. The van der Waals surface area contributed by atoms with Crippen molar-refractivity contribution in [3.63, 3.8) is 0 Å². The summed E-state index contributed by atoms with van der Waals surface area (Å²) in [6.45, 7) is 10.4. The van der Waals surface area contributed by atoms with Crippen LogP contribution < -0.4 is 5.32 Å². The summed E-state index contributed by atoms with van der Waals surface area (Å²) >= 11 is 0. The number of rotatable bonds is 4. The fraction of sp³-hybridized carbons (Fsp3) is 0.625. The average Bonchev–Trinajstić information content (AvgIpc) is 2.42. The zero-order valence-corrected chi connectivity index (χ0v) is 14.7. The number of aryl methyl sites for hydroxylation is 1. The van der Waals surface area contributed by atoms with Crippen molar-refractivity contribution in [1.82, 2.24) is 10.2 Å². The highest BCUT2D eigenvalue weighted by molar-refractivity contribution is 5.85. The molecule has 1 unspecified atom stereocenters. The summed E-state index contributed by atoms with van der Waals surface area (Å²) < 4.78 is 14.3. The predicted molar refractivity (Wildman–Crippen MR) is 92.3 cm³/mol. The highest BCUT2D eigenvalue weighted by Gasteiger charge is 2.28. The van der Waals surface area contributed by atoms with E-state index in [1.807, 2.05) is 19.1 Å². The Morgan fingerprint density at radius 3 is 2.38 bits per heavy atom. The van der Waals surface area contributed by atoms with E-state index >= 15 is 0 Å². The van der Waals surface area contributed by atoms with Gasteiger partial charge in [-0.3, -0.25) is 4.90 Å². The van der Waals surface area contributed by atoms with Crippen molar-refractivity contribution in [2.75, 3.05) is 26.2 Å². The van der Waals surface area contributed by atoms with Crippen LogP contribution in [0.15, 0.2) is 18.2 Å². The molecule has 0 aromatic heterocycles. The van der Waals surface area contributed by atoms with E-state index in [4.69, 9.17) is 0 Å². The van der Waals surface area contributed by atoms with Crippen molar-refractivity contribution in [3.05, 3.63) is 35.1 Å². The van der Waals surface area contributed by atoms with Crippen LogP contribution in [0.3, 0.4) is 0 Å². The summed E-state index contributed by atoms with van der Waals surface area (Å²) in [4.78, 5) is 2.43. The van der Waals surface area contributed by atoms with Crippen LogP contribution in [-0.2, 0) is 0 Å². The van der Waals surface area contributed by atoms with Gasteiger partial charge in [0.05, 0.1) is 0 Å². The molecule has 0 amide bonds. The largest absolute Gasteiger partial charge is 0.314 e. The Morgan fingerprint density at radius 2 is 1.86 bits per heavy atom. The van der Waals surface area contributed by atoms with Crippen LogP contribution in [0.4, 0.5) is 4.39 Å². The first-order chi connectivity index (χ1) is 9.13. The second-order valence-corrected chi connectivity index (χ2v) is 5.64. The number of nitrogens with zero attached hydrogens (tertiary/aromatic N) is 1. The van der Waals surface area contributed by atoms with Crippen LogP contribution in [0.2, 0.25) is 0 Å². The molecular weight excluding hydrogens is 310 g/mol. The lowest BCUT2D eigenvalue weighted by atomic mass is 9.89. The number of piperazine rings is 1. The first kappa shape index (κ1) is 20.6. The van der Waals surface area contributed by atoms with Crippen LogP contribution in [0.25, 0.3) is 0 Å². The molecule has 2 nitrogen and oxygen atoms in total. The third-order valence-electron chi connectivity index (χ3n) is 4.20. The molecular formula is C16H27Cl2FN2. The zero-order valence-electron chi connectivity index (χ0n) is 13.1. The number of nitrogens with one attached hydrogen (secondary N) is 1. The molecule has 2 atom stereocenters. The Balaban J connectivity index is 0.00000200. The van der Waals surface area contributed by atoms with Gasteiger partial charge in [-0.2, -0.15) is 0 Å². The van der Waals surface area contributed by atoms with Crippen molar-refractivity contribution < 1.29 is 4.39 Å². The molecule has 1 fully saturated rings. The first-order valence-corrected chi connectivity index (χ1v) is 7.34. The Hall–Kier alpha value is -0.350. The third kappa shape index (κ3) is 5.10. The van der Waals surface area contributed by atoms with E-state index in [2.05, 4.69) is 24.1 Å². The zero-order chi connectivity index (χ0) is 13.8. The summed E-state index contributed by atoms with van der Waals surface area (Å²) in [5, 5.41) is 3.37. The lowest BCUT2D eigenvalue weighted by Crippen LogP contribution is -2.46. The van der Waals surface area contributed by atoms with Gasteiger partial charge < -0.3 is 5.32 Å². The quantitative estimate of drug-likeness (QED) is 0.894. The molecule has 0 saturated carbocycles. The smallest absolute Gasteiger partial charge is 0.128 e. The molecule has 21 heavy (non-hydrogen) atoms. The van der Waals surface area contributed by atoms with Gasteiger partial charge in [-0.1, -0.05) is 32.4 Å². The van der Waals surface area contributed by atoms with Crippen molar-refractivity contribution >= 4 is 24.8 Å². The van der Waals surface area contributed by atoms with Crippen LogP contribution in [0.1, 0.15) is 37.4 Å². The third-order valence-corrected chi connectivity index (χ3v) is 4.20. The van der Waals surface area contributed by atoms with Crippen LogP contribution >= 0.6 is 24.8 Å². The minimum Gasteiger partial charge on any atom is -0.314 e. The monoisotopic (exact) mass is 336 g/mol. The van der Waals surface area contributed by atoms with Crippen LogP contribution in [0, 0.1) is 18.7 Å². The van der Waals surface area contributed by atoms with Gasteiger partial charge in [-0.15, -0.1) is 24.8 Å². The molecule has 1 N–H and O–H groups in total. The van der Waals surface area contributed by atoms with Gasteiger partial charge in [-0.25, -0.2) is 4.39 Å². The first-order valence-electron chi connectivity index (χ1n) is 7.34. The maximum atomic E-state index is 14.3. The molecule has 122 valence electrons. The fourth-order valence-electron chi connectivity index (χ4n) is 2.92. The standard InChI is InChI=1S/C16H25FN2.2ClH/c1-4-13(3)16(19-9-7-18-8-10-19)14-6-5-12(2)11-15(14)17;;/h5-6,11,13,16,18H,4,7-10H2,1-3H3;2*1H/t13?,16-;;/m0../s1. The molecule has 0 radical (unpaired) electrons. The highest BCUT2D eigenvalue weighted by atomic mass is 35.5. The van der Waals surface area contributed by atoms with E-state index in [1.165, 1.54) is 0 Å². The second-order valence-electron chi connectivity index (χ2n) is 5.64. The maximum absolute atomic E-state index is 14.3. The van der Waals surface area contributed by atoms with Gasteiger partial charge in [0.1, 0.15) is 5.82 Å². The Morgan fingerprint density at radius 1 is 1.24 bits per heavy atom. The Bertz CT molecular complexity index is 423. The molecule has 1 heterocycles. The Labute approximate surface area is 140 Å². The molecule has 1 aliphatic heterocycles. The van der Waals surface area contributed by atoms with E-state index < -0.39 is 0 Å². The SMILES string of the molecule is CCC(C)[C@@H](c1ccc(C)cc1F)N1CCNCC1.Cl.Cl. The van der Waals surface area contributed by atoms with Gasteiger partial charge in [0.25, 0.3) is 0 Å². The average molecular weight is 337 g/mol. The van der Waals surface area contributed by atoms with E-state index in [0.29, 0.717) is 5.92 Å². The summed E-state index contributed by atoms with van der Waals surface area (Å²) in [5.74, 6) is 0.416. The summed E-state index contributed by atoms with van der Waals surface area (Å²) in [6, 6.07) is 5.86. The van der Waals surface area contributed by atoms with Crippen LogP contribution in [0.5, 0.6) is 0 Å². The molecule has 0 aliphatic carbocycles. The molecule has 0 spiro atoms. The topological polar surface area (TPSA) is 15.3 Å². The highest BCUT2D eigenvalue weighted by Crippen LogP contribution is 2.32. The molecule has 2 rings (SSSR count). The van der Waals surface area contributed by atoms with E-state index in [9.17, 15) is 4.39 Å². The molecule has 0 bridgehead atoms. The van der Waals surface area contributed by atoms with Crippen molar-refractivity contribution in [2.24, 2.45) is 5.92 Å². The second kappa shape index (κ2) is 9.62. The number of halogens is 3. The normalized spacial score (nSPS) is 18.3. The van der Waals surface area contributed by atoms with Crippen molar-refractivity contribution in [1.29, 1.82) is 0 Å². The number of hydrogen-bond donors (Lipinski definition) is 1. The summed E-state index contributed by atoms with van der Waals surface area (Å²) in [7, 11) is 0. The predicted octanol–water partition coefficient (Wildman–Crippen LogP) is 3.97. The van der Waals surface area contributed by atoms with Crippen LogP contribution in [-0.4, -0.2) is 31.1 Å². The van der Waals surface area contributed by atoms with Crippen molar-refractivity contribution in [2.45, 2.75) is 33.2 Å². The van der Waals surface area contributed by atoms with Gasteiger partial charge in [0.2, 0.25) is 0 Å². The van der Waals surface area contributed by atoms with E-state index in [-0.39, 0.29) is 36.7 Å². The summed E-state index contributed by atoms with van der Waals surface area (Å²) in [6.07, 6.45) is 1.07. The molecule has 1 saturated heterocycles. The molecule has 1 aliphatic rings. The number of benzene rings is 1. The number of hydrogen-bond acceptors (Lipinski definition) is 2. The minimum atomic E-state index is -0.0520. The lowest BCUT2D eigenvalue weighted by Gasteiger charge is -2.38. The fourth-order valence-corrected chi connectivity index (χ4v) is 2.92. The van der Waals surface area contributed by atoms with Gasteiger partial charge in [0, 0.05) is 37.8 Å². The molecule has 5 heteroatoms. The van der Waals surface area contributed by atoms with Gasteiger partial charge in [-0.05, 0) is 24.5 Å². The molecule has 1 aromatic carbocycles. The maximum Gasteiger partial charge on any atom is 0.128 e. The minimum absolute atomic E-state index is 0. The lowest BCUT2D eigenvalue weighted by molar-refractivity contribution is 0.125. The van der Waals surface area contributed by atoms with E-state index in [0.717, 1.165) is 43.7 Å². The van der Waals surface area contributed by atoms with E-state index in [1.54, 1.807) is 6.07 Å². The van der Waals surface area contributed by atoms with Crippen molar-refractivity contribution in [3.8, 4) is 0 Å². The Kier molecular flexibility index (Phi) is 9.46. The van der Waals surface area contributed by atoms with Gasteiger partial charge in [0.15, 0.2) is 0 Å².